The lowest BCUT2D eigenvalue weighted by Gasteiger charge is -2.32. The van der Waals surface area contributed by atoms with Crippen molar-refractivity contribution >= 4 is 23.6 Å². The highest BCUT2D eigenvalue weighted by atomic mass is 16.5. The first kappa shape index (κ1) is 43.3. The Hall–Kier alpha value is -5.68. The minimum absolute atomic E-state index is 0.306. The minimum atomic E-state index is -1.11. The number of hydrogen-bond acceptors (Lipinski definition) is 10. The topological polar surface area (TPSA) is 235 Å². The highest BCUT2D eigenvalue weighted by Gasteiger charge is 2.35. The number of amides is 4. The van der Waals surface area contributed by atoms with E-state index in [4.69, 9.17) is 26.4 Å². The molecule has 2 aromatic carbocycles. The van der Waals surface area contributed by atoms with Gasteiger partial charge in [0.05, 0.1) is 0 Å². The SMILES string of the molecule is CNC(C)(C)[C@H](NC(=O)c1ccc(C#CC#C[C@H](C)O)cc1)C(=O)NO.C[C@H](O)C#CC#Cc1ccc(C(=O)N[C@H](C(=O)NO)C(C)(C)N)cc1. The summed E-state index contributed by atoms with van der Waals surface area (Å²) in [6.45, 7) is 9.64. The zero-order valence-electron chi connectivity index (χ0n) is 29.4. The van der Waals surface area contributed by atoms with Crippen molar-refractivity contribution in [2.75, 3.05) is 7.05 Å². The van der Waals surface area contributed by atoms with E-state index < -0.39 is 59.0 Å². The molecule has 11 N–H and O–H groups in total. The zero-order chi connectivity index (χ0) is 38.8. The van der Waals surface area contributed by atoms with Crippen LogP contribution in [-0.2, 0) is 9.59 Å². The normalized spacial score (nSPS) is 12.5. The van der Waals surface area contributed by atoms with Gasteiger partial charge in [-0.2, -0.15) is 0 Å². The second kappa shape index (κ2) is 20.7. The Bertz CT molecular complexity index is 1770. The van der Waals surface area contributed by atoms with Gasteiger partial charge >= 0.3 is 0 Å². The van der Waals surface area contributed by atoms with Crippen molar-refractivity contribution in [3.05, 3.63) is 70.8 Å². The molecule has 0 fully saturated rings. The number of carbonyl (C=O) groups is 4. The number of hydroxylamine groups is 2. The summed E-state index contributed by atoms with van der Waals surface area (Å²) in [5, 5.41) is 43.7. The third-order valence-corrected chi connectivity index (χ3v) is 6.80. The van der Waals surface area contributed by atoms with Crippen LogP contribution in [-0.4, -0.2) is 86.7 Å². The number of rotatable bonds is 9. The van der Waals surface area contributed by atoms with E-state index in [1.165, 1.54) is 12.4 Å². The molecule has 14 nitrogen and oxygen atoms in total. The van der Waals surface area contributed by atoms with Crippen molar-refractivity contribution in [3.63, 3.8) is 0 Å². The predicted molar refractivity (Wildman–Crippen MR) is 189 cm³/mol. The molecule has 0 aliphatic carbocycles. The molecule has 0 aliphatic heterocycles. The summed E-state index contributed by atoms with van der Waals surface area (Å²) >= 11 is 0. The standard InChI is InChI=1S/C19H23N3O4.C18H21N3O4/c1-13(23)7-5-6-8-14-9-11-15(12-10-14)17(24)21-16(18(25)22-26)19(2,3)20-4;1-12(22)6-4-5-7-13-8-10-14(11-9-13)16(23)20-15(17(24)21-25)18(2,3)19/h9-13,16,20,23,26H,1-4H3,(H,21,24)(H,22,25);8-12,15,22,25H,19H2,1-3H3,(H,20,23)(H,21,24)/t13-,16+;12-,15+/m00/s1. The van der Waals surface area contributed by atoms with Gasteiger partial charge in [0.25, 0.3) is 23.6 Å². The van der Waals surface area contributed by atoms with E-state index in [2.05, 4.69) is 63.3 Å². The maximum absolute atomic E-state index is 12.4. The van der Waals surface area contributed by atoms with Gasteiger partial charge in [-0.15, -0.1) is 0 Å². The van der Waals surface area contributed by atoms with Crippen molar-refractivity contribution < 1.29 is 39.8 Å². The Morgan fingerprint density at radius 1 is 0.647 bits per heavy atom. The molecule has 4 atom stereocenters. The smallest absolute Gasteiger partial charge is 0.267 e. The summed E-state index contributed by atoms with van der Waals surface area (Å²) in [5.41, 5.74) is 9.00. The van der Waals surface area contributed by atoms with Gasteiger partial charge < -0.3 is 31.9 Å². The van der Waals surface area contributed by atoms with Crippen LogP contribution in [0.2, 0.25) is 0 Å². The van der Waals surface area contributed by atoms with Gasteiger partial charge in [0, 0.05) is 33.3 Å². The van der Waals surface area contributed by atoms with E-state index in [0.29, 0.717) is 22.3 Å². The third kappa shape index (κ3) is 15.6. The highest BCUT2D eigenvalue weighted by Crippen LogP contribution is 2.12. The summed E-state index contributed by atoms with van der Waals surface area (Å²) in [6, 6.07) is 10.7. The Balaban J connectivity index is 0.000000510. The molecule has 4 amide bonds. The molecule has 51 heavy (non-hydrogen) atoms. The van der Waals surface area contributed by atoms with Crippen molar-refractivity contribution in [2.24, 2.45) is 5.73 Å². The van der Waals surface area contributed by atoms with Gasteiger partial charge in [0.15, 0.2) is 0 Å². The average molecular weight is 701 g/mol. The van der Waals surface area contributed by atoms with Crippen LogP contribution >= 0.6 is 0 Å². The maximum Gasteiger partial charge on any atom is 0.267 e. The van der Waals surface area contributed by atoms with Crippen LogP contribution in [0.15, 0.2) is 48.5 Å². The molecular formula is C37H44N6O8. The molecule has 0 aromatic heterocycles. The Kier molecular flexibility index (Phi) is 17.6. The van der Waals surface area contributed by atoms with Crippen LogP contribution in [0.25, 0.3) is 0 Å². The van der Waals surface area contributed by atoms with Crippen molar-refractivity contribution in [3.8, 4) is 47.4 Å². The first-order valence-corrected chi connectivity index (χ1v) is 15.4. The summed E-state index contributed by atoms with van der Waals surface area (Å²) in [6.07, 6.45) is -1.47. The molecule has 0 saturated carbocycles. The van der Waals surface area contributed by atoms with Crippen LogP contribution in [0, 0.1) is 47.4 Å². The van der Waals surface area contributed by atoms with Crippen LogP contribution in [0.3, 0.4) is 0 Å². The Labute approximate surface area is 297 Å². The Morgan fingerprint density at radius 2 is 1.00 bits per heavy atom. The van der Waals surface area contributed by atoms with Gasteiger partial charge in [-0.25, -0.2) is 11.0 Å². The van der Waals surface area contributed by atoms with Crippen LogP contribution < -0.4 is 32.6 Å². The maximum atomic E-state index is 12.4. The molecular weight excluding hydrogens is 656 g/mol. The predicted octanol–water partition coefficient (Wildman–Crippen LogP) is -0.212. The number of nitrogens with one attached hydrogen (secondary N) is 5. The minimum Gasteiger partial charge on any atom is -0.381 e. The number of hydrogen-bond donors (Lipinski definition) is 10. The van der Waals surface area contributed by atoms with E-state index in [1.807, 2.05) is 0 Å². The number of aliphatic hydroxyl groups excluding tert-OH is 2. The van der Waals surface area contributed by atoms with E-state index in [9.17, 15) is 19.2 Å². The first-order chi connectivity index (χ1) is 23.9. The van der Waals surface area contributed by atoms with Gasteiger partial charge in [-0.05, 0) is 121 Å². The summed E-state index contributed by atoms with van der Waals surface area (Å²) < 4.78 is 0. The van der Waals surface area contributed by atoms with E-state index in [0.717, 1.165) is 0 Å². The fourth-order valence-electron chi connectivity index (χ4n) is 3.76. The number of aliphatic hydroxyl groups is 2. The van der Waals surface area contributed by atoms with Gasteiger partial charge in [-0.1, -0.05) is 23.7 Å². The summed E-state index contributed by atoms with van der Waals surface area (Å²) in [5.74, 6) is 18.3. The molecule has 270 valence electrons. The molecule has 0 aliphatic rings. The second-order valence-electron chi connectivity index (χ2n) is 12.1. The third-order valence-electron chi connectivity index (χ3n) is 6.80. The Morgan fingerprint density at radius 3 is 1.31 bits per heavy atom. The van der Waals surface area contributed by atoms with Crippen LogP contribution in [0.4, 0.5) is 0 Å². The fraction of sp³-hybridized carbons (Fsp3) is 0.351. The molecule has 2 rings (SSSR count). The second-order valence-corrected chi connectivity index (χ2v) is 12.1. The largest absolute Gasteiger partial charge is 0.381 e. The molecule has 0 unspecified atom stereocenters. The molecule has 0 heterocycles. The molecule has 0 spiro atoms. The number of likely N-dealkylation sites (N-methyl/N-ethyl adjacent to an activating group) is 1. The number of carbonyl (C=O) groups excluding carboxylic acids is 4. The average Bonchev–Trinajstić information content (AvgIpc) is 3.09. The van der Waals surface area contributed by atoms with Gasteiger partial charge in [0.1, 0.15) is 24.3 Å². The lowest BCUT2D eigenvalue weighted by Crippen LogP contribution is -2.62. The highest BCUT2D eigenvalue weighted by molar-refractivity contribution is 5.98. The summed E-state index contributed by atoms with van der Waals surface area (Å²) in [7, 11) is 1.65. The van der Waals surface area contributed by atoms with Gasteiger partial charge in [0.2, 0.25) is 0 Å². The molecule has 2 aromatic rings. The van der Waals surface area contributed by atoms with Crippen molar-refractivity contribution in [2.45, 2.75) is 76.9 Å². The molecule has 0 radical (unpaired) electrons. The zero-order valence-corrected chi connectivity index (χ0v) is 29.4. The molecule has 0 saturated heterocycles. The number of nitrogens with two attached hydrogens (primary N) is 1. The fourth-order valence-corrected chi connectivity index (χ4v) is 3.76. The van der Waals surface area contributed by atoms with Crippen molar-refractivity contribution in [1.29, 1.82) is 0 Å². The molecule has 14 heteroatoms. The lowest BCUT2D eigenvalue weighted by atomic mass is 9.93. The van der Waals surface area contributed by atoms with E-state index in [-0.39, 0.29) is 0 Å². The monoisotopic (exact) mass is 700 g/mol. The number of benzene rings is 2. The van der Waals surface area contributed by atoms with Crippen LogP contribution in [0.5, 0.6) is 0 Å². The van der Waals surface area contributed by atoms with Gasteiger partial charge in [-0.3, -0.25) is 29.6 Å². The van der Waals surface area contributed by atoms with E-state index >= 15 is 0 Å². The molecule has 0 bridgehead atoms. The summed E-state index contributed by atoms with van der Waals surface area (Å²) in [4.78, 5) is 48.2. The first-order valence-electron chi connectivity index (χ1n) is 15.4. The van der Waals surface area contributed by atoms with Crippen molar-refractivity contribution in [1.82, 2.24) is 26.9 Å². The quantitative estimate of drug-likeness (QED) is 0.0939. The van der Waals surface area contributed by atoms with E-state index in [1.54, 1.807) is 95.7 Å². The lowest BCUT2D eigenvalue weighted by molar-refractivity contribution is -0.133. The van der Waals surface area contributed by atoms with Crippen LogP contribution in [0.1, 0.15) is 73.4 Å².